The molecule has 0 saturated heterocycles. The van der Waals surface area contributed by atoms with Crippen molar-refractivity contribution in [2.45, 2.75) is 44.6 Å². The third kappa shape index (κ3) is 3.48. The molecule has 0 atom stereocenters. The highest BCUT2D eigenvalue weighted by molar-refractivity contribution is 5.39. The van der Waals surface area contributed by atoms with Crippen LogP contribution in [0.3, 0.4) is 0 Å². The molecule has 3 nitrogen and oxygen atoms in total. The fraction of sp³-hybridized carbons (Fsp3) is 0.625. The molecule has 19 heavy (non-hydrogen) atoms. The summed E-state index contributed by atoms with van der Waals surface area (Å²) in [5.74, 6) is 0.950. The van der Waals surface area contributed by atoms with Crippen LogP contribution in [0.5, 0.6) is 5.75 Å². The SMILES string of the molecule is COc1ccc(C(C)(C)CNCC2(N)CC2)cc1C. The van der Waals surface area contributed by atoms with Gasteiger partial charge in [-0.25, -0.2) is 0 Å². The van der Waals surface area contributed by atoms with Gasteiger partial charge in [0.15, 0.2) is 0 Å². The van der Waals surface area contributed by atoms with Crippen LogP contribution < -0.4 is 15.8 Å². The van der Waals surface area contributed by atoms with Crippen molar-refractivity contribution in [2.24, 2.45) is 5.73 Å². The summed E-state index contributed by atoms with van der Waals surface area (Å²) < 4.78 is 5.31. The Bertz CT molecular complexity index is 450. The fourth-order valence-corrected chi connectivity index (χ4v) is 2.36. The lowest BCUT2D eigenvalue weighted by molar-refractivity contribution is 0.409. The average molecular weight is 262 g/mol. The zero-order valence-corrected chi connectivity index (χ0v) is 12.5. The Morgan fingerprint density at radius 3 is 2.58 bits per heavy atom. The Labute approximate surface area is 116 Å². The minimum absolute atomic E-state index is 0.0753. The van der Waals surface area contributed by atoms with Crippen molar-refractivity contribution < 1.29 is 4.74 Å². The van der Waals surface area contributed by atoms with Crippen molar-refractivity contribution in [2.75, 3.05) is 20.2 Å². The first-order valence-corrected chi connectivity index (χ1v) is 7.01. The predicted molar refractivity (Wildman–Crippen MR) is 79.8 cm³/mol. The van der Waals surface area contributed by atoms with Crippen LogP contribution in [0, 0.1) is 6.92 Å². The average Bonchev–Trinajstić information content (AvgIpc) is 3.07. The van der Waals surface area contributed by atoms with E-state index < -0.39 is 0 Å². The normalized spacial score (nSPS) is 17.3. The summed E-state index contributed by atoms with van der Waals surface area (Å²) in [5, 5.41) is 3.52. The summed E-state index contributed by atoms with van der Waals surface area (Å²) in [6.07, 6.45) is 2.31. The number of methoxy groups -OCH3 is 1. The largest absolute Gasteiger partial charge is 0.496 e. The lowest BCUT2D eigenvalue weighted by atomic mass is 9.83. The highest BCUT2D eigenvalue weighted by Gasteiger charge is 2.37. The van der Waals surface area contributed by atoms with Gasteiger partial charge in [-0.1, -0.05) is 26.0 Å². The number of nitrogens with two attached hydrogens (primary N) is 1. The molecule has 2 rings (SSSR count). The van der Waals surface area contributed by atoms with E-state index in [0.29, 0.717) is 0 Å². The number of rotatable bonds is 6. The third-order valence-electron chi connectivity index (χ3n) is 4.11. The van der Waals surface area contributed by atoms with Crippen LogP contribution in [-0.2, 0) is 5.41 Å². The third-order valence-corrected chi connectivity index (χ3v) is 4.11. The van der Waals surface area contributed by atoms with Gasteiger partial charge >= 0.3 is 0 Å². The van der Waals surface area contributed by atoms with E-state index in [1.54, 1.807) is 7.11 Å². The number of hydrogen-bond donors (Lipinski definition) is 2. The first-order chi connectivity index (χ1) is 8.86. The second kappa shape index (κ2) is 5.14. The van der Waals surface area contributed by atoms with E-state index in [1.165, 1.54) is 11.1 Å². The quantitative estimate of drug-likeness (QED) is 0.827. The first kappa shape index (κ1) is 14.4. The van der Waals surface area contributed by atoms with E-state index in [1.807, 2.05) is 0 Å². The molecule has 0 aliphatic heterocycles. The Morgan fingerprint density at radius 2 is 2.05 bits per heavy atom. The van der Waals surface area contributed by atoms with Crippen LogP contribution in [0.25, 0.3) is 0 Å². The van der Waals surface area contributed by atoms with E-state index in [2.05, 4.69) is 44.3 Å². The van der Waals surface area contributed by atoms with Crippen LogP contribution in [0.4, 0.5) is 0 Å². The molecule has 3 N–H and O–H groups in total. The second-order valence-corrected chi connectivity index (χ2v) is 6.53. The van der Waals surface area contributed by atoms with Crippen LogP contribution in [0.1, 0.15) is 37.8 Å². The summed E-state index contributed by atoms with van der Waals surface area (Å²) in [4.78, 5) is 0. The van der Waals surface area contributed by atoms with Crippen molar-refractivity contribution in [3.05, 3.63) is 29.3 Å². The predicted octanol–water partition coefficient (Wildman–Crippen LogP) is 2.36. The molecule has 1 aromatic rings. The molecule has 1 saturated carbocycles. The second-order valence-electron chi connectivity index (χ2n) is 6.53. The molecule has 0 heterocycles. The van der Waals surface area contributed by atoms with E-state index in [9.17, 15) is 0 Å². The van der Waals surface area contributed by atoms with Gasteiger partial charge in [0.05, 0.1) is 7.11 Å². The van der Waals surface area contributed by atoms with Gasteiger partial charge in [-0.2, -0.15) is 0 Å². The molecule has 0 bridgehead atoms. The molecule has 0 radical (unpaired) electrons. The Balaban J connectivity index is 1.99. The van der Waals surface area contributed by atoms with Gasteiger partial charge in [0, 0.05) is 24.0 Å². The summed E-state index contributed by atoms with van der Waals surface area (Å²) in [6.45, 7) is 8.48. The van der Waals surface area contributed by atoms with Gasteiger partial charge in [0.25, 0.3) is 0 Å². The van der Waals surface area contributed by atoms with E-state index in [4.69, 9.17) is 10.5 Å². The minimum Gasteiger partial charge on any atom is -0.496 e. The maximum Gasteiger partial charge on any atom is 0.121 e. The molecular formula is C16H26N2O. The molecule has 3 heteroatoms. The highest BCUT2D eigenvalue weighted by Crippen LogP contribution is 2.32. The smallest absolute Gasteiger partial charge is 0.121 e. The molecule has 1 aliphatic rings. The topological polar surface area (TPSA) is 47.3 Å². The van der Waals surface area contributed by atoms with Gasteiger partial charge in [-0.3, -0.25) is 0 Å². The van der Waals surface area contributed by atoms with Crippen molar-refractivity contribution in [3.63, 3.8) is 0 Å². The summed E-state index contributed by atoms with van der Waals surface area (Å²) >= 11 is 0. The molecule has 1 aliphatic carbocycles. The molecule has 106 valence electrons. The molecule has 1 fully saturated rings. The Kier molecular flexibility index (Phi) is 3.88. The number of ether oxygens (including phenoxy) is 1. The fourth-order valence-electron chi connectivity index (χ4n) is 2.36. The lowest BCUT2D eigenvalue weighted by Gasteiger charge is -2.27. The zero-order chi connectivity index (χ0) is 14.1. The maximum atomic E-state index is 6.10. The van der Waals surface area contributed by atoms with Gasteiger partial charge < -0.3 is 15.8 Å². The van der Waals surface area contributed by atoms with E-state index >= 15 is 0 Å². The molecule has 0 spiro atoms. The lowest BCUT2D eigenvalue weighted by Crippen LogP contribution is -2.41. The first-order valence-electron chi connectivity index (χ1n) is 7.01. The minimum atomic E-state index is 0.0753. The highest BCUT2D eigenvalue weighted by atomic mass is 16.5. The standard InChI is InChI=1S/C16H26N2O/c1-12-9-13(5-6-14(12)19-4)15(2,3)10-18-11-16(17)7-8-16/h5-6,9,18H,7-8,10-11,17H2,1-4H3. The van der Waals surface area contributed by atoms with Gasteiger partial charge in [0.2, 0.25) is 0 Å². The summed E-state index contributed by atoms with van der Waals surface area (Å²) in [5.41, 5.74) is 8.79. The van der Waals surface area contributed by atoms with E-state index in [0.717, 1.165) is 31.7 Å². The van der Waals surface area contributed by atoms with Gasteiger partial charge in [-0.05, 0) is 37.0 Å². The molecule has 0 aromatic heterocycles. The van der Waals surface area contributed by atoms with Crippen molar-refractivity contribution >= 4 is 0 Å². The van der Waals surface area contributed by atoms with Crippen molar-refractivity contribution in [1.29, 1.82) is 0 Å². The van der Waals surface area contributed by atoms with Crippen LogP contribution in [-0.4, -0.2) is 25.7 Å². The van der Waals surface area contributed by atoms with Gasteiger partial charge in [-0.15, -0.1) is 0 Å². The van der Waals surface area contributed by atoms with Crippen molar-refractivity contribution in [3.8, 4) is 5.75 Å². The Morgan fingerprint density at radius 1 is 1.37 bits per heavy atom. The van der Waals surface area contributed by atoms with E-state index in [-0.39, 0.29) is 11.0 Å². The number of benzene rings is 1. The zero-order valence-electron chi connectivity index (χ0n) is 12.5. The molecule has 0 unspecified atom stereocenters. The number of nitrogens with one attached hydrogen (secondary N) is 1. The van der Waals surface area contributed by atoms with Crippen LogP contribution in [0.2, 0.25) is 0 Å². The maximum absolute atomic E-state index is 6.10. The molecular weight excluding hydrogens is 236 g/mol. The van der Waals surface area contributed by atoms with Gasteiger partial charge in [0.1, 0.15) is 5.75 Å². The summed E-state index contributed by atoms with van der Waals surface area (Å²) in [6, 6.07) is 6.43. The monoisotopic (exact) mass is 262 g/mol. The molecule has 1 aromatic carbocycles. The van der Waals surface area contributed by atoms with Crippen molar-refractivity contribution in [1.82, 2.24) is 5.32 Å². The molecule has 0 amide bonds. The Hall–Kier alpha value is -1.06. The summed E-state index contributed by atoms with van der Waals surface area (Å²) in [7, 11) is 1.71. The number of aryl methyl sites for hydroxylation is 1. The number of hydrogen-bond acceptors (Lipinski definition) is 3. The van der Waals surface area contributed by atoms with Crippen LogP contribution in [0.15, 0.2) is 18.2 Å². The van der Waals surface area contributed by atoms with Crippen LogP contribution >= 0.6 is 0 Å².